The Morgan fingerprint density at radius 2 is 1.70 bits per heavy atom. The number of carbonyl (C=O) groups is 2. The molecule has 5 rings (SSSR count). The zero-order chi connectivity index (χ0) is 36.7. The number of hydrogen-bond donors (Lipinski definition) is 4. The second-order valence-corrected chi connectivity index (χ2v) is 11.8. The van der Waals surface area contributed by atoms with Crippen LogP contribution >= 0.6 is 0 Å². The number of amides is 1. The van der Waals surface area contributed by atoms with E-state index in [4.69, 9.17) is 37.5 Å². The predicted octanol–water partition coefficient (Wildman–Crippen LogP) is 4.31. The van der Waals surface area contributed by atoms with Gasteiger partial charge in [-0.2, -0.15) is 8.42 Å². The van der Waals surface area contributed by atoms with Crippen molar-refractivity contribution in [3.63, 3.8) is 0 Å². The van der Waals surface area contributed by atoms with Crippen molar-refractivity contribution in [2.24, 2.45) is 5.73 Å². The molecule has 0 aliphatic heterocycles. The van der Waals surface area contributed by atoms with Crippen LogP contribution in [-0.4, -0.2) is 63.0 Å². The van der Waals surface area contributed by atoms with E-state index in [1.54, 1.807) is 86.4 Å². The van der Waals surface area contributed by atoms with Crippen molar-refractivity contribution < 1.29 is 45.7 Å². The van der Waals surface area contributed by atoms with Gasteiger partial charge in [0, 0.05) is 29.4 Å². The van der Waals surface area contributed by atoms with Gasteiger partial charge in [0.1, 0.15) is 29.2 Å². The van der Waals surface area contributed by atoms with Gasteiger partial charge in [0.15, 0.2) is 11.6 Å². The molecule has 2 heterocycles. The van der Waals surface area contributed by atoms with Crippen molar-refractivity contribution in [1.29, 1.82) is 0 Å². The Hall–Kier alpha value is -5.62. The summed E-state index contributed by atoms with van der Waals surface area (Å²) in [5.74, 6) is -1.11. The van der Waals surface area contributed by atoms with Gasteiger partial charge in [0.05, 0.1) is 30.6 Å². The van der Waals surface area contributed by atoms with E-state index in [-0.39, 0.29) is 23.5 Å². The van der Waals surface area contributed by atoms with Gasteiger partial charge in [-0.3, -0.25) is 33.2 Å². The van der Waals surface area contributed by atoms with Crippen molar-refractivity contribution in [3.05, 3.63) is 106 Å². The van der Waals surface area contributed by atoms with Gasteiger partial charge in [0.25, 0.3) is 11.5 Å². The highest BCUT2D eigenvalue weighted by Crippen LogP contribution is 2.33. The Labute approximate surface area is 285 Å². The third-order valence-electron chi connectivity index (χ3n) is 7.06. The number of fused-ring (bicyclic) bond motifs is 1. The topological polar surface area (TPSA) is 214 Å². The van der Waals surface area contributed by atoms with E-state index in [9.17, 15) is 14.4 Å². The lowest BCUT2D eigenvalue weighted by atomic mass is 10.2. The van der Waals surface area contributed by atoms with Crippen LogP contribution in [0.25, 0.3) is 16.6 Å². The molecule has 0 bridgehead atoms. The summed E-state index contributed by atoms with van der Waals surface area (Å²) < 4.78 is 66.2. The summed E-state index contributed by atoms with van der Waals surface area (Å²) in [6, 6.07) is 18.8. The molecule has 0 fully saturated rings. The molecule has 3 aromatic carbocycles. The fraction of sp³-hybridized carbons (Fsp3) is 0.212. The minimum Gasteiger partial charge on any atom is -0.497 e. The molecule has 0 spiro atoms. The summed E-state index contributed by atoms with van der Waals surface area (Å²) in [6.45, 7) is 4.86. The fourth-order valence-corrected chi connectivity index (χ4v) is 4.83. The second-order valence-electron chi connectivity index (χ2n) is 10.9. The van der Waals surface area contributed by atoms with E-state index in [0.29, 0.717) is 33.8 Å². The molecule has 0 saturated heterocycles. The van der Waals surface area contributed by atoms with Crippen molar-refractivity contribution >= 4 is 38.9 Å². The maximum Gasteiger partial charge on any atom is 0.394 e. The van der Waals surface area contributed by atoms with Gasteiger partial charge < -0.3 is 25.3 Å². The molecule has 0 aliphatic carbocycles. The quantitative estimate of drug-likeness (QED) is 0.118. The molecule has 2 atom stereocenters. The smallest absolute Gasteiger partial charge is 0.394 e. The Balaban J connectivity index is 0.00000105. The number of rotatable bonds is 10. The van der Waals surface area contributed by atoms with Gasteiger partial charge in [0.2, 0.25) is 0 Å². The number of ether oxygens (including phenoxy) is 3. The lowest BCUT2D eigenvalue weighted by Crippen LogP contribution is -2.34. The van der Waals surface area contributed by atoms with E-state index in [1.807, 2.05) is 0 Å². The molecule has 0 aliphatic rings. The Bertz CT molecular complexity index is 2180. The van der Waals surface area contributed by atoms with E-state index >= 15 is 4.39 Å². The van der Waals surface area contributed by atoms with Gasteiger partial charge in [-0.1, -0.05) is 18.2 Å². The molecule has 15 nitrogen and oxygen atoms in total. The highest BCUT2D eigenvalue weighted by Gasteiger charge is 2.26. The summed E-state index contributed by atoms with van der Waals surface area (Å²) in [5, 5.41) is 3.28. The van der Waals surface area contributed by atoms with Crippen LogP contribution in [0.3, 0.4) is 0 Å². The monoisotopic (exact) mass is 711 g/mol. The zero-order valence-electron chi connectivity index (χ0n) is 27.2. The zero-order valence-corrected chi connectivity index (χ0v) is 28.0. The molecule has 1 amide bonds. The van der Waals surface area contributed by atoms with Crippen LogP contribution in [-0.2, 0) is 26.5 Å². The number of pyridine rings is 1. The maximum atomic E-state index is 15.2. The van der Waals surface area contributed by atoms with Crippen LogP contribution < -0.4 is 26.1 Å². The first-order chi connectivity index (χ1) is 23.6. The number of esters is 1. The summed E-state index contributed by atoms with van der Waals surface area (Å²) >= 11 is 0. The average Bonchev–Trinajstić information content (AvgIpc) is 3.29. The van der Waals surface area contributed by atoms with Crippen LogP contribution in [0.2, 0.25) is 0 Å². The molecule has 5 aromatic rings. The van der Waals surface area contributed by atoms with Gasteiger partial charge in [-0.25, -0.2) is 9.07 Å². The number of anilines is 1. The third-order valence-corrected chi connectivity index (χ3v) is 7.06. The fourth-order valence-electron chi connectivity index (χ4n) is 4.83. The highest BCUT2D eigenvalue weighted by molar-refractivity contribution is 7.79. The summed E-state index contributed by atoms with van der Waals surface area (Å²) in [6.07, 6.45) is 0.880. The summed E-state index contributed by atoms with van der Waals surface area (Å²) in [5.41, 5.74) is 6.45. The van der Waals surface area contributed by atoms with Crippen molar-refractivity contribution in [1.82, 2.24) is 14.3 Å². The Kier molecular flexibility index (Phi) is 11.7. The highest BCUT2D eigenvalue weighted by atomic mass is 32.3. The van der Waals surface area contributed by atoms with Crippen LogP contribution in [0.1, 0.15) is 29.9 Å². The number of hydrogen-bond acceptors (Lipinski definition) is 10. The number of nitrogens with one attached hydrogen (secondary N) is 1. The van der Waals surface area contributed by atoms with Gasteiger partial charge in [-0.15, -0.1) is 0 Å². The molecule has 0 radical (unpaired) electrons. The minimum absolute atomic E-state index is 0.0683. The van der Waals surface area contributed by atoms with Crippen LogP contribution in [0.15, 0.2) is 83.8 Å². The van der Waals surface area contributed by atoms with E-state index < -0.39 is 45.8 Å². The number of halogens is 1. The largest absolute Gasteiger partial charge is 0.497 e. The molecule has 50 heavy (non-hydrogen) atoms. The molecular formula is C33H34FN5O10S. The number of para-hydroxylation sites is 1. The minimum atomic E-state index is -4.67. The van der Waals surface area contributed by atoms with Gasteiger partial charge in [-0.05, 0) is 63.2 Å². The van der Waals surface area contributed by atoms with Crippen molar-refractivity contribution in [2.45, 2.75) is 39.5 Å². The van der Waals surface area contributed by atoms with Crippen molar-refractivity contribution in [2.75, 3.05) is 12.4 Å². The second kappa shape index (κ2) is 15.7. The molecular weight excluding hydrogens is 677 g/mol. The van der Waals surface area contributed by atoms with Crippen LogP contribution in [0, 0.1) is 12.7 Å². The molecule has 17 heteroatoms. The number of nitrogens with two attached hydrogens (primary N) is 1. The number of carbonyl (C=O) groups excluding carboxylic acids is 2. The van der Waals surface area contributed by atoms with Crippen LogP contribution in [0.5, 0.6) is 17.2 Å². The maximum absolute atomic E-state index is 15.2. The van der Waals surface area contributed by atoms with Crippen molar-refractivity contribution in [3.8, 4) is 22.9 Å². The third kappa shape index (κ3) is 9.29. The molecule has 2 unspecified atom stereocenters. The summed E-state index contributed by atoms with van der Waals surface area (Å²) in [4.78, 5) is 43.5. The molecule has 264 valence electrons. The number of aromatic nitrogens is 3. The first-order valence-electron chi connectivity index (χ1n) is 14.8. The van der Waals surface area contributed by atoms with Crippen LogP contribution in [0.4, 0.5) is 10.1 Å². The lowest BCUT2D eigenvalue weighted by molar-refractivity contribution is -0.150. The number of nitrogens with zero attached hydrogens (tertiary/aromatic N) is 3. The average molecular weight is 712 g/mol. The number of benzene rings is 3. The standard InChI is InChI=1S/C33H32FN5O6.H2O4S/c1-19(44-33(42)20(2)35)18-38-21(3)30(32(41)39(38)23-8-6-5-7-9-23)31(40)37-22-10-13-29(26(34)16-22)45-28-14-15-36-27-17-24(43-4)11-12-25(27)28;1-5(2,3)4/h5-17,19-20H,18,35H2,1-4H3,(H,37,40);(H2,1,2,3,4). The normalized spacial score (nSPS) is 12.3. The summed E-state index contributed by atoms with van der Waals surface area (Å²) in [7, 11) is -3.11. The first-order valence-corrected chi connectivity index (χ1v) is 16.2. The predicted molar refractivity (Wildman–Crippen MR) is 181 cm³/mol. The Morgan fingerprint density at radius 3 is 2.32 bits per heavy atom. The van der Waals surface area contributed by atoms with E-state index in [0.717, 1.165) is 6.07 Å². The van der Waals surface area contributed by atoms with Gasteiger partial charge >= 0.3 is 16.4 Å². The lowest BCUT2D eigenvalue weighted by Gasteiger charge is -2.19. The molecule has 0 saturated carbocycles. The van der Waals surface area contributed by atoms with E-state index in [1.165, 1.54) is 23.7 Å². The SMILES string of the molecule is COc1ccc2c(Oc3ccc(NC(=O)c4c(C)n(CC(C)OC(=O)C(C)N)n(-c5ccccc5)c4=O)cc3F)ccnc2c1.O=S(=O)(O)O. The molecule has 5 N–H and O–H groups in total. The number of methoxy groups -OCH3 is 1. The first kappa shape index (κ1) is 37.2. The van der Waals surface area contributed by atoms with E-state index in [2.05, 4.69) is 10.3 Å². The Morgan fingerprint density at radius 1 is 1.02 bits per heavy atom. The molecule has 2 aromatic heterocycles.